The van der Waals surface area contributed by atoms with Crippen LogP contribution >= 0.6 is 0 Å². The smallest absolute Gasteiger partial charge is 0.251 e. The highest BCUT2D eigenvalue weighted by molar-refractivity contribution is 5.94. The van der Waals surface area contributed by atoms with Crippen molar-refractivity contribution in [2.24, 2.45) is 5.73 Å². The Morgan fingerprint density at radius 1 is 0.962 bits per heavy atom. The van der Waals surface area contributed by atoms with Crippen LogP contribution in [0.25, 0.3) is 0 Å². The van der Waals surface area contributed by atoms with Crippen LogP contribution in [0.1, 0.15) is 27.9 Å². The van der Waals surface area contributed by atoms with Gasteiger partial charge in [-0.3, -0.25) is 9.59 Å². The molecule has 4 N–H and O–H groups in total. The Hall–Kier alpha value is -3.54. The summed E-state index contributed by atoms with van der Waals surface area (Å²) >= 11 is 0. The van der Waals surface area contributed by atoms with E-state index in [1.165, 1.54) is 0 Å². The van der Waals surface area contributed by atoms with E-state index in [-0.39, 0.29) is 18.9 Å². The maximum absolute atomic E-state index is 12.0. The zero-order valence-electron chi connectivity index (χ0n) is 14.0. The molecule has 1 unspecified atom stereocenters. The monoisotopic (exact) mass is 346 g/mol. The zero-order valence-corrected chi connectivity index (χ0v) is 14.0. The summed E-state index contributed by atoms with van der Waals surface area (Å²) in [6, 6.07) is 16.2. The van der Waals surface area contributed by atoms with Crippen molar-refractivity contribution in [2.75, 3.05) is 6.54 Å². The first kappa shape index (κ1) is 18.8. The first-order valence-corrected chi connectivity index (χ1v) is 7.96. The number of aliphatic hydroxyl groups is 1. The van der Waals surface area contributed by atoms with Gasteiger partial charge in [0.05, 0.1) is 12.5 Å². The standard InChI is InChI=1S/C21H18N2O3/c22-20(25)14-19(24)15-23-21(26)18-12-10-17(11-13-18)9-5-4-8-16-6-2-1-3-7-16/h1-3,6-7,10-13,19,24H,14-15H2,(H2,22,25)(H,23,26). The van der Waals surface area contributed by atoms with Crippen molar-refractivity contribution in [1.82, 2.24) is 5.32 Å². The molecule has 0 saturated carbocycles. The molecule has 2 amide bonds. The molecule has 0 radical (unpaired) electrons. The minimum atomic E-state index is -0.996. The second kappa shape index (κ2) is 9.68. The van der Waals surface area contributed by atoms with Crippen molar-refractivity contribution in [1.29, 1.82) is 0 Å². The number of primary amides is 1. The predicted octanol–water partition coefficient (Wildman–Crippen LogP) is 1.06. The van der Waals surface area contributed by atoms with Gasteiger partial charge in [0.25, 0.3) is 5.91 Å². The Kier molecular flexibility index (Phi) is 7.00. The molecule has 0 aliphatic carbocycles. The highest BCUT2D eigenvalue weighted by Crippen LogP contribution is 2.03. The van der Waals surface area contributed by atoms with Crippen molar-refractivity contribution in [3.8, 4) is 23.7 Å². The fraction of sp³-hybridized carbons (Fsp3) is 0.143. The summed E-state index contributed by atoms with van der Waals surface area (Å²) in [7, 11) is 0. The summed E-state index contributed by atoms with van der Waals surface area (Å²) in [5.74, 6) is 10.4. The first-order valence-electron chi connectivity index (χ1n) is 7.96. The van der Waals surface area contributed by atoms with Crippen LogP contribution < -0.4 is 11.1 Å². The number of hydrogen-bond donors (Lipinski definition) is 3. The molecule has 2 rings (SSSR count). The van der Waals surface area contributed by atoms with Crippen LogP contribution in [0, 0.1) is 23.7 Å². The van der Waals surface area contributed by atoms with Crippen molar-refractivity contribution in [2.45, 2.75) is 12.5 Å². The lowest BCUT2D eigenvalue weighted by atomic mass is 10.1. The fourth-order valence-electron chi connectivity index (χ4n) is 2.05. The van der Waals surface area contributed by atoms with Gasteiger partial charge in [-0.2, -0.15) is 0 Å². The van der Waals surface area contributed by atoms with Gasteiger partial charge in [-0.05, 0) is 48.2 Å². The third-order valence-electron chi connectivity index (χ3n) is 3.33. The SMILES string of the molecule is NC(=O)CC(O)CNC(=O)c1ccc(C#CC#Cc2ccccc2)cc1. The molecule has 5 nitrogen and oxygen atoms in total. The number of rotatable bonds is 5. The van der Waals surface area contributed by atoms with Crippen LogP contribution in [-0.2, 0) is 4.79 Å². The molecule has 1 atom stereocenters. The van der Waals surface area contributed by atoms with Gasteiger partial charge >= 0.3 is 0 Å². The maximum Gasteiger partial charge on any atom is 0.251 e. The summed E-state index contributed by atoms with van der Waals surface area (Å²) in [5, 5.41) is 12.1. The topological polar surface area (TPSA) is 92.4 Å². The second-order valence-corrected chi connectivity index (χ2v) is 5.48. The number of hydrogen-bond acceptors (Lipinski definition) is 3. The van der Waals surface area contributed by atoms with Gasteiger partial charge < -0.3 is 16.2 Å². The van der Waals surface area contributed by atoms with E-state index in [2.05, 4.69) is 29.0 Å². The van der Waals surface area contributed by atoms with Gasteiger partial charge in [0, 0.05) is 23.2 Å². The van der Waals surface area contributed by atoms with Crippen LogP contribution in [0.4, 0.5) is 0 Å². The number of amides is 2. The largest absolute Gasteiger partial charge is 0.391 e. The van der Waals surface area contributed by atoms with Crippen LogP contribution in [-0.4, -0.2) is 29.6 Å². The minimum absolute atomic E-state index is 0.0432. The van der Waals surface area contributed by atoms with Crippen LogP contribution in [0.5, 0.6) is 0 Å². The fourth-order valence-corrected chi connectivity index (χ4v) is 2.05. The molecule has 0 aliphatic rings. The highest BCUT2D eigenvalue weighted by Gasteiger charge is 2.10. The lowest BCUT2D eigenvalue weighted by molar-refractivity contribution is -0.119. The second-order valence-electron chi connectivity index (χ2n) is 5.48. The van der Waals surface area contributed by atoms with Crippen molar-refractivity contribution in [3.05, 3.63) is 71.3 Å². The van der Waals surface area contributed by atoms with Crippen molar-refractivity contribution >= 4 is 11.8 Å². The quantitative estimate of drug-likeness (QED) is 0.707. The normalized spacial score (nSPS) is 10.5. The lowest BCUT2D eigenvalue weighted by Crippen LogP contribution is -2.34. The summed E-state index contributed by atoms with van der Waals surface area (Å²) in [6.45, 7) is -0.0432. The first-order chi connectivity index (χ1) is 12.5. The molecular weight excluding hydrogens is 328 g/mol. The van der Waals surface area contributed by atoms with Gasteiger partial charge in [0.1, 0.15) is 0 Å². The summed E-state index contributed by atoms with van der Waals surface area (Å²) in [6.07, 6.45) is -1.19. The van der Waals surface area contributed by atoms with Crippen molar-refractivity contribution in [3.63, 3.8) is 0 Å². The van der Waals surface area contributed by atoms with E-state index in [0.29, 0.717) is 5.56 Å². The number of aliphatic hydroxyl groups excluding tert-OH is 1. The molecule has 0 aliphatic heterocycles. The van der Waals surface area contributed by atoms with Gasteiger partial charge in [-0.25, -0.2) is 0 Å². The van der Waals surface area contributed by atoms with Crippen LogP contribution in [0.3, 0.4) is 0 Å². The third kappa shape index (κ3) is 6.52. The molecule has 5 heteroatoms. The molecule has 0 fully saturated rings. The number of nitrogens with one attached hydrogen (secondary N) is 1. The maximum atomic E-state index is 12.0. The zero-order chi connectivity index (χ0) is 18.8. The number of benzene rings is 2. The van der Waals surface area contributed by atoms with Gasteiger partial charge in [-0.1, -0.05) is 30.0 Å². The Morgan fingerprint density at radius 3 is 2.12 bits per heavy atom. The van der Waals surface area contributed by atoms with Gasteiger partial charge in [0.15, 0.2) is 0 Å². The molecule has 130 valence electrons. The number of nitrogens with two attached hydrogens (primary N) is 1. The van der Waals surface area contributed by atoms with Crippen LogP contribution in [0.2, 0.25) is 0 Å². The highest BCUT2D eigenvalue weighted by atomic mass is 16.3. The Bertz CT molecular complexity index is 882. The molecule has 0 spiro atoms. The summed E-state index contributed by atoms with van der Waals surface area (Å²) in [4.78, 5) is 22.6. The average molecular weight is 346 g/mol. The van der Waals surface area contributed by atoms with E-state index in [4.69, 9.17) is 5.73 Å². The van der Waals surface area contributed by atoms with E-state index in [1.807, 2.05) is 30.3 Å². The van der Waals surface area contributed by atoms with Gasteiger partial charge in [-0.15, -0.1) is 0 Å². The van der Waals surface area contributed by atoms with E-state index >= 15 is 0 Å². The van der Waals surface area contributed by atoms with E-state index < -0.39 is 12.0 Å². The number of carbonyl (C=O) groups is 2. The molecule has 0 aromatic heterocycles. The molecule has 2 aromatic rings. The lowest BCUT2D eigenvalue weighted by Gasteiger charge is -2.10. The minimum Gasteiger partial charge on any atom is -0.391 e. The molecule has 0 bridgehead atoms. The summed E-state index contributed by atoms with van der Waals surface area (Å²) in [5.41, 5.74) is 7.03. The van der Waals surface area contributed by atoms with Crippen molar-refractivity contribution < 1.29 is 14.7 Å². The van der Waals surface area contributed by atoms with Crippen LogP contribution in [0.15, 0.2) is 54.6 Å². The molecule has 0 saturated heterocycles. The molecule has 26 heavy (non-hydrogen) atoms. The van der Waals surface area contributed by atoms with Gasteiger partial charge in [0.2, 0.25) is 5.91 Å². The third-order valence-corrected chi connectivity index (χ3v) is 3.33. The Balaban J connectivity index is 1.90. The molecule has 2 aromatic carbocycles. The number of carbonyl (C=O) groups excluding carboxylic acids is 2. The Morgan fingerprint density at radius 2 is 1.54 bits per heavy atom. The van der Waals surface area contributed by atoms with E-state index in [9.17, 15) is 14.7 Å². The Labute approximate surface area is 152 Å². The predicted molar refractivity (Wildman–Crippen MR) is 98.8 cm³/mol. The average Bonchev–Trinajstić information content (AvgIpc) is 2.64. The van der Waals surface area contributed by atoms with E-state index in [1.54, 1.807) is 24.3 Å². The summed E-state index contributed by atoms with van der Waals surface area (Å²) < 4.78 is 0. The van der Waals surface area contributed by atoms with E-state index in [0.717, 1.165) is 11.1 Å². The molecular formula is C21H18N2O3. The molecule has 0 heterocycles.